The molecule has 0 aromatic heterocycles. The molecule has 2 aliphatic heterocycles. The second kappa shape index (κ2) is 8.92. The number of ether oxygens (including phenoxy) is 6. The highest BCUT2D eigenvalue weighted by Crippen LogP contribution is 2.44. The zero-order valence-electron chi connectivity index (χ0n) is 15.8. The van der Waals surface area contributed by atoms with Crippen LogP contribution in [0.1, 0.15) is 53.4 Å². The van der Waals surface area contributed by atoms with E-state index in [0.717, 1.165) is 25.7 Å². The molecular formula is C18H34O6. The Labute approximate surface area is 146 Å². The molecule has 2 fully saturated rings. The monoisotopic (exact) mass is 346 g/mol. The third-order valence-corrected chi connectivity index (χ3v) is 4.43. The molecule has 0 saturated carbocycles. The van der Waals surface area contributed by atoms with Gasteiger partial charge in [0.2, 0.25) is 0 Å². The van der Waals surface area contributed by atoms with E-state index in [9.17, 15) is 0 Å². The van der Waals surface area contributed by atoms with Crippen LogP contribution in [0.5, 0.6) is 0 Å². The van der Waals surface area contributed by atoms with Gasteiger partial charge in [-0.3, -0.25) is 0 Å². The number of methoxy groups -OCH3 is 1. The molecule has 2 aliphatic rings. The Kier molecular flexibility index (Phi) is 7.46. The Hall–Kier alpha value is -0.240. The molecule has 2 saturated heterocycles. The van der Waals surface area contributed by atoms with Gasteiger partial charge in [-0.15, -0.1) is 0 Å². The van der Waals surface area contributed by atoms with Crippen molar-refractivity contribution in [3.63, 3.8) is 0 Å². The van der Waals surface area contributed by atoms with Gasteiger partial charge in [0.1, 0.15) is 17.8 Å². The molecule has 2 heterocycles. The van der Waals surface area contributed by atoms with Crippen molar-refractivity contribution in [1.82, 2.24) is 0 Å². The molecule has 0 aliphatic carbocycles. The van der Waals surface area contributed by atoms with Gasteiger partial charge in [-0.05, 0) is 26.7 Å². The van der Waals surface area contributed by atoms with Gasteiger partial charge in [-0.1, -0.05) is 26.7 Å². The highest BCUT2D eigenvalue weighted by Gasteiger charge is 2.62. The molecule has 0 aromatic rings. The summed E-state index contributed by atoms with van der Waals surface area (Å²) in [4.78, 5) is 0. The van der Waals surface area contributed by atoms with E-state index >= 15 is 0 Å². The SMILES string of the molecule is CCCCOC[C@]1(COC)O[C@H]2OC(C)(C)O[C@H]2C1OCCCC. The zero-order chi connectivity index (χ0) is 17.6. The van der Waals surface area contributed by atoms with Gasteiger partial charge in [0, 0.05) is 20.3 Å². The highest BCUT2D eigenvalue weighted by molar-refractivity contribution is 5.04. The predicted octanol–water partition coefficient (Wildman–Crippen LogP) is 2.88. The van der Waals surface area contributed by atoms with Crippen LogP contribution in [-0.2, 0) is 28.4 Å². The smallest absolute Gasteiger partial charge is 0.190 e. The first-order valence-electron chi connectivity index (χ1n) is 9.19. The van der Waals surface area contributed by atoms with Crippen molar-refractivity contribution < 1.29 is 28.4 Å². The van der Waals surface area contributed by atoms with Gasteiger partial charge >= 0.3 is 0 Å². The van der Waals surface area contributed by atoms with E-state index in [1.807, 2.05) is 13.8 Å². The summed E-state index contributed by atoms with van der Waals surface area (Å²) in [6, 6.07) is 0. The minimum atomic E-state index is -0.692. The molecule has 6 heteroatoms. The van der Waals surface area contributed by atoms with Crippen LogP contribution in [0.4, 0.5) is 0 Å². The predicted molar refractivity (Wildman–Crippen MR) is 89.9 cm³/mol. The Morgan fingerprint density at radius 1 is 0.917 bits per heavy atom. The number of fused-ring (bicyclic) bond motifs is 1. The second-order valence-electron chi connectivity index (χ2n) is 7.14. The normalized spacial score (nSPS) is 34.6. The molecule has 0 bridgehead atoms. The molecule has 24 heavy (non-hydrogen) atoms. The van der Waals surface area contributed by atoms with Crippen molar-refractivity contribution in [2.24, 2.45) is 0 Å². The summed E-state index contributed by atoms with van der Waals surface area (Å²) in [7, 11) is 1.67. The van der Waals surface area contributed by atoms with Crippen molar-refractivity contribution in [3.8, 4) is 0 Å². The Morgan fingerprint density at radius 3 is 2.29 bits per heavy atom. The molecule has 0 amide bonds. The molecule has 0 aromatic carbocycles. The summed E-state index contributed by atoms with van der Waals surface area (Å²) in [6.07, 6.45) is 3.22. The number of rotatable bonds is 11. The van der Waals surface area contributed by atoms with E-state index in [-0.39, 0.29) is 12.2 Å². The van der Waals surface area contributed by atoms with Crippen LogP contribution in [0.3, 0.4) is 0 Å². The summed E-state index contributed by atoms with van der Waals surface area (Å²) < 4.78 is 35.7. The van der Waals surface area contributed by atoms with E-state index in [0.29, 0.717) is 26.4 Å². The fraction of sp³-hybridized carbons (Fsp3) is 1.00. The third-order valence-electron chi connectivity index (χ3n) is 4.43. The molecule has 4 atom stereocenters. The highest BCUT2D eigenvalue weighted by atomic mass is 16.8. The quantitative estimate of drug-likeness (QED) is 0.536. The standard InChI is InChI=1S/C18H34O6/c1-6-8-10-20-13-18(12-19-5)15(21-11-9-7-2)14-16(24-18)23-17(3,4)22-14/h14-16H,6-13H2,1-5H3/t14-,15?,16+,18-/m0/s1. The fourth-order valence-electron chi connectivity index (χ4n) is 3.26. The topological polar surface area (TPSA) is 55.4 Å². The number of hydrogen-bond acceptors (Lipinski definition) is 6. The van der Waals surface area contributed by atoms with E-state index < -0.39 is 17.7 Å². The van der Waals surface area contributed by atoms with Crippen LogP contribution in [0.15, 0.2) is 0 Å². The van der Waals surface area contributed by atoms with E-state index in [4.69, 9.17) is 28.4 Å². The Morgan fingerprint density at radius 2 is 1.62 bits per heavy atom. The van der Waals surface area contributed by atoms with Crippen molar-refractivity contribution in [1.29, 1.82) is 0 Å². The molecule has 1 unspecified atom stereocenters. The maximum absolute atomic E-state index is 6.25. The third kappa shape index (κ3) is 4.68. The van der Waals surface area contributed by atoms with Gasteiger partial charge in [0.25, 0.3) is 0 Å². The largest absolute Gasteiger partial charge is 0.381 e. The molecule has 0 radical (unpaired) electrons. The lowest BCUT2D eigenvalue weighted by Crippen LogP contribution is -2.53. The fourth-order valence-corrected chi connectivity index (χ4v) is 3.26. The van der Waals surface area contributed by atoms with Crippen LogP contribution in [0.25, 0.3) is 0 Å². The lowest BCUT2D eigenvalue weighted by atomic mass is 9.96. The van der Waals surface area contributed by atoms with Crippen molar-refractivity contribution in [2.45, 2.75) is 83.3 Å². The zero-order valence-corrected chi connectivity index (χ0v) is 15.8. The molecule has 6 nitrogen and oxygen atoms in total. The van der Waals surface area contributed by atoms with Crippen LogP contribution in [0.2, 0.25) is 0 Å². The lowest BCUT2D eigenvalue weighted by molar-refractivity contribution is -0.261. The van der Waals surface area contributed by atoms with E-state index in [1.54, 1.807) is 7.11 Å². The number of hydrogen-bond donors (Lipinski definition) is 0. The molecule has 142 valence electrons. The average Bonchev–Trinajstić information content (AvgIpc) is 2.95. The van der Waals surface area contributed by atoms with Gasteiger partial charge < -0.3 is 28.4 Å². The minimum Gasteiger partial charge on any atom is -0.381 e. The maximum Gasteiger partial charge on any atom is 0.190 e. The Balaban J connectivity index is 2.09. The summed E-state index contributed by atoms with van der Waals surface area (Å²) in [5.41, 5.74) is -0.692. The summed E-state index contributed by atoms with van der Waals surface area (Å²) in [5, 5.41) is 0. The van der Waals surface area contributed by atoms with E-state index in [2.05, 4.69) is 13.8 Å². The first-order chi connectivity index (χ1) is 11.5. The summed E-state index contributed by atoms with van der Waals surface area (Å²) >= 11 is 0. The molecular weight excluding hydrogens is 312 g/mol. The van der Waals surface area contributed by atoms with Crippen LogP contribution >= 0.6 is 0 Å². The molecule has 2 rings (SSSR count). The van der Waals surface area contributed by atoms with Crippen molar-refractivity contribution in [3.05, 3.63) is 0 Å². The first kappa shape index (κ1) is 20.1. The molecule has 0 spiro atoms. The maximum atomic E-state index is 6.25. The average molecular weight is 346 g/mol. The van der Waals surface area contributed by atoms with Crippen LogP contribution in [0, 0.1) is 0 Å². The van der Waals surface area contributed by atoms with Crippen LogP contribution < -0.4 is 0 Å². The van der Waals surface area contributed by atoms with Crippen molar-refractivity contribution in [2.75, 3.05) is 33.5 Å². The first-order valence-corrected chi connectivity index (χ1v) is 9.19. The summed E-state index contributed by atoms with van der Waals surface area (Å²) in [6.45, 7) is 10.2. The van der Waals surface area contributed by atoms with Gasteiger partial charge in [0.15, 0.2) is 12.1 Å². The second-order valence-corrected chi connectivity index (χ2v) is 7.14. The minimum absolute atomic E-state index is 0.262. The van der Waals surface area contributed by atoms with Gasteiger partial charge in [0.05, 0.1) is 13.2 Å². The van der Waals surface area contributed by atoms with Crippen LogP contribution in [-0.4, -0.2) is 63.4 Å². The Bertz CT molecular complexity index is 375. The lowest BCUT2D eigenvalue weighted by Gasteiger charge is -2.36. The van der Waals surface area contributed by atoms with Gasteiger partial charge in [-0.25, -0.2) is 0 Å². The summed E-state index contributed by atoms with van der Waals surface area (Å²) in [5.74, 6) is -0.663. The van der Waals surface area contributed by atoms with Gasteiger partial charge in [-0.2, -0.15) is 0 Å². The van der Waals surface area contributed by atoms with E-state index in [1.165, 1.54) is 0 Å². The van der Waals surface area contributed by atoms with Crippen molar-refractivity contribution >= 4 is 0 Å². The molecule has 0 N–H and O–H groups in total. The number of unbranched alkanes of at least 4 members (excludes halogenated alkanes) is 2.